The van der Waals surface area contributed by atoms with Gasteiger partial charge >= 0.3 is 24.0 Å². The van der Waals surface area contributed by atoms with E-state index in [1.807, 2.05) is 30.3 Å². The zero-order valence-electron chi connectivity index (χ0n) is 52.9. The smallest absolute Gasteiger partial charge is 0.407 e. The van der Waals surface area contributed by atoms with Crippen LogP contribution in [0.15, 0.2) is 30.3 Å². The highest BCUT2D eigenvalue weighted by Gasteiger charge is 2.47. The molecule has 17 heteroatoms. The van der Waals surface area contributed by atoms with Crippen LogP contribution in [-0.2, 0) is 57.6 Å². The van der Waals surface area contributed by atoms with Crippen LogP contribution in [0.1, 0.15) is 174 Å². The van der Waals surface area contributed by atoms with E-state index in [1.165, 1.54) is 14.2 Å². The molecule has 0 spiro atoms. The second-order valence-electron chi connectivity index (χ2n) is 28.0. The molecule has 0 bridgehead atoms. The summed E-state index contributed by atoms with van der Waals surface area (Å²) in [5.41, 5.74) is 0.922. The van der Waals surface area contributed by atoms with Crippen LogP contribution in [0.4, 0.5) is 4.79 Å². The number of esters is 3. The quantitative estimate of drug-likeness (QED) is 0.0316. The van der Waals surface area contributed by atoms with E-state index in [-0.39, 0.29) is 82.4 Å². The van der Waals surface area contributed by atoms with E-state index >= 15 is 0 Å². The van der Waals surface area contributed by atoms with Crippen LogP contribution in [0.3, 0.4) is 0 Å². The van der Waals surface area contributed by atoms with Gasteiger partial charge in [-0.2, -0.15) is 0 Å². The number of amides is 1. The molecule has 1 N–H and O–H groups in total. The summed E-state index contributed by atoms with van der Waals surface area (Å²) in [4.78, 5) is 52.0. The van der Waals surface area contributed by atoms with Crippen molar-refractivity contribution in [3.8, 4) is 0 Å². The molecule has 1 aromatic carbocycles. The third-order valence-electron chi connectivity index (χ3n) is 17.4. The molecule has 0 saturated carbocycles. The van der Waals surface area contributed by atoms with Crippen molar-refractivity contribution in [3.63, 3.8) is 0 Å². The zero-order chi connectivity index (χ0) is 58.9. The number of alkyl carbamates (subject to hydrolysis) is 1. The maximum Gasteiger partial charge on any atom is 0.407 e. The number of unbranched alkanes of at least 4 members (excludes halogenated alkanes) is 2. The molecule has 0 unspecified atom stereocenters. The maximum absolute atomic E-state index is 13.8. The standard InChI is InChI=1S/C59H113NO12Si4/c1-26-44(3)53(68-52(62)39-46(54(63)66-17)38-51(61)65-16)50(72-76(24,25)59(13,14)15)37-43(2)33-29-27-32-36-48(70-74(20,21)57(7,8)9)49(71-75(22,23)58(10,11)12)40-47(69-73(18,19)56(4,5)6)41-60-55(64)67-42-45-34-30-28-31-35-45/h28,30-31,34-35,43-44,46-50,53H,26-27,29,32-33,36-42H2,1-25H3,(H,60,64)/t43-,44+,46-,47-,48+,49-,50-,53+/m0/s1. The second kappa shape index (κ2) is 30.4. The maximum atomic E-state index is 13.8. The molecular weight excluding hydrogens is 1030 g/mol. The minimum atomic E-state index is -2.38. The molecule has 13 nitrogen and oxygen atoms in total. The Morgan fingerprint density at radius 3 is 1.50 bits per heavy atom. The van der Waals surface area contributed by atoms with Gasteiger partial charge in [0.2, 0.25) is 0 Å². The number of nitrogens with one attached hydrogen (secondary N) is 1. The fourth-order valence-corrected chi connectivity index (χ4v) is 13.4. The van der Waals surface area contributed by atoms with Crippen LogP contribution < -0.4 is 5.32 Å². The highest BCUT2D eigenvalue weighted by molar-refractivity contribution is 6.75. The Bertz CT molecular complexity index is 1900. The molecule has 1 amide bonds. The predicted molar refractivity (Wildman–Crippen MR) is 320 cm³/mol. The van der Waals surface area contributed by atoms with Gasteiger partial charge in [-0.15, -0.1) is 0 Å². The average molecular weight is 1140 g/mol. The van der Waals surface area contributed by atoms with Crippen LogP contribution in [0.2, 0.25) is 72.5 Å². The topological polar surface area (TPSA) is 154 Å². The molecular formula is C59H113NO12Si4. The first-order valence-electron chi connectivity index (χ1n) is 28.5. The van der Waals surface area contributed by atoms with Crippen LogP contribution in [0.25, 0.3) is 0 Å². The first-order valence-corrected chi connectivity index (χ1v) is 40.2. The fraction of sp³-hybridized carbons (Fsp3) is 0.831. The van der Waals surface area contributed by atoms with Crippen molar-refractivity contribution in [1.29, 1.82) is 0 Å². The highest BCUT2D eigenvalue weighted by Crippen LogP contribution is 2.44. The van der Waals surface area contributed by atoms with Crippen molar-refractivity contribution >= 4 is 57.3 Å². The molecule has 0 aromatic heterocycles. The van der Waals surface area contributed by atoms with E-state index in [9.17, 15) is 19.2 Å². The van der Waals surface area contributed by atoms with E-state index in [4.69, 9.17) is 36.7 Å². The Balaban J connectivity index is 3.62. The SMILES string of the molecule is CC[C@@H](C)[C@@H](OC(=O)C[C@H](CC(=O)OC)C(=O)OC)[C@H](C[C@@H](C)CCCCC[C@@H](O[Si](C)(C)C(C)(C)C)[C@H](C[C@@H](CNC(=O)OCc1ccccc1)O[Si](C)(C)C(C)(C)C)O[Si](C)(C)C(C)(C)C)O[Si](C)(C)C(C)(C)C. The second-order valence-corrected chi connectivity index (χ2v) is 47.0. The van der Waals surface area contributed by atoms with Gasteiger partial charge in [0, 0.05) is 13.0 Å². The van der Waals surface area contributed by atoms with Crippen molar-refractivity contribution in [1.82, 2.24) is 5.32 Å². The third-order valence-corrected chi connectivity index (χ3v) is 35.4. The Kier molecular flexibility index (Phi) is 28.7. The molecule has 0 aliphatic carbocycles. The summed E-state index contributed by atoms with van der Waals surface area (Å²) in [6.07, 6.45) is 3.85. The molecule has 0 radical (unpaired) electrons. The van der Waals surface area contributed by atoms with Gasteiger partial charge in [0.15, 0.2) is 33.3 Å². The van der Waals surface area contributed by atoms with Crippen LogP contribution in [-0.4, -0.2) is 109 Å². The predicted octanol–water partition coefficient (Wildman–Crippen LogP) is 15.5. The molecule has 1 aromatic rings. The van der Waals surface area contributed by atoms with Gasteiger partial charge in [0.1, 0.15) is 12.7 Å². The molecule has 442 valence electrons. The van der Waals surface area contributed by atoms with E-state index in [0.717, 1.165) is 44.1 Å². The summed E-state index contributed by atoms with van der Waals surface area (Å²) < 4.78 is 51.3. The van der Waals surface area contributed by atoms with Crippen molar-refractivity contribution in [2.45, 2.75) is 278 Å². The van der Waals surface area contributed by atoms with E-state index in [0.29, 0.717) is 12.8 Å². The summed E-state index contributed by atoms with van der Waals surface area (Å²) in [5.74, 6) is -2.63. The summed E-state index contributed by atoms with van der Waals surface area (Å²) in [5, 5.41) is 2.82. The molecule has 0 fully saturated rings. The third kappa shape index (κ3) is 24.1. The zero-order valence-corrected chi connectivity index (χ0v) is 56.9. The van der Waals surface area contributed by atoms with Gasteiger partial charge in [-0.3, -0.25) is 14.4 Å². The Hall–Kier alpha value is -2.39. The van der Waals surface area contributed by atoms with Gasteiger partial charge in [-0.1, -0.05) is 160 Å². The molecule has 0 saturated heterocycles. The minimum Gasteiger partial charge on any atom is -0.469 e. The van der Waals surface area contributed by atoms with Crippen molar-refractivity contribution in [2.75, 3.05) is 20.8 Å². The lowest BCUT2D eigenvalue weighted by Gasteiger charge is -2.47. The number of methoxy groups -OCH3 is 2. The number of hydrogen-bond acceptors (Lipinski definition) is 12. The van der Waals surface area contributed by atoms with E-state index in [2.05, 4.69) is 162 Å². The normalized spacial score (nSPS) is 16.6. The van der Waals surface area contributed by atoms with Crippen molar-refractivity contribution in [3.05, 3.63) is 35.9 Å². The van der Waals surface area contributed by atoms with E-state index in [1.54, 1.807) is 0 Å². The van der Waals surface area contributed by atoms with Gasteiger partial charge < -0.3 is 42.0 Å². The van der Waals surface area contributed by atoms with Gasteiger partial charge in [-0.05, 0) is 109 Å². The number of carbonyl (C=O) groups is 4. The monoisotopic (exact) mass is 1140 g/mol. The minimum absolute atomic E-state index is 0.0291. The lowest BCUT2D eigenvalue weighted by atomic mass is 9.89. The summed E-state index contributed by atoms with van der Waals surface area (Å²) in [7, 11) is -6.93. The van der Waals surface area contributed by atoms with Crippen molar-refractivity contribution < 1.29 is 55.8 Å². The highest BCUT2D eigenvalue weighted by atomic mass is 28.4. The largest absolute Gasteiger partial charge is 0.469 e. The number of carbonyl (C=O) groups excluding carboxylic acids is 4. The van der Waals surface area contributed by atoms with Gasteiger partial charge in [-0.25, -0.2) is 4.79 Å². The molecule has 8 atom stereocenters. The lowest BCUT2D eigenvalue weighted by molar-refractivity contribution is -0.165. The van der Waals surface area contributed by atoms with Crippen LogP contribution in [0, 0.1) is 17.8 Å². The van der Waals surface area contributed by atoms with Crippen molar-refractivity contribution in [2.24, 2.45) is 17.8 Å². The molecule has 1 rings (SSSR count). The number of hydrogen-bond donors (Lipinski definition) is 1. The van der Waals surface area contributed by atoms with E-state index < -0.39 is 69.3 Å². The number of rotatable bonds is 32. The average Bonchev–Trinajstić information content (AvgIpc) is 3.28. The lowest BCUT2D eigenvalue weighted by Crippen LogP contribution is -2.54. The Labute approximate surface area is 468 Å². The number of benzene rings is 1. The van der Waals surface area contributed by atoms with Gasteiger partial charge in [0.25, 0.3) is 0 Å². The fourth-order valence-electron chi connectivity index (χ4n) is 7.92. The molecule has 0 heterocycles. The van der Waals surface area contributed by atoms with Gasteiger partial charge in [0.05, 0.1) is 57.4 Å². The van der Waals surface area contributed by atoms with Crippen LogP contribution in [0.5, 0.6) is 0 Å². The Morgan fingerprint density at radius 1 is 0.566 bits per heavy atom. The summed E-state index contributed by atoms with van der Waals surface area (Å²) in [6.45, 7) is 52.2. The summed E-state index contributed by atoms with van der Waals surface area (Å²) >= 11 is 0. The molecule has 0 aliphatic rings. The first kappa shape index (κ1) is 71.6. The number of ether oxygens (including phenoxy) is 4. The Morgan fingerprint density at radius 2 is 1.03 bits per heavy atom. The van der Waals surface area contributed by atoms with Crippen LogP contribution >= 0.6 is 0 Å². The molecule has 0 aliphatic heterocycles. The first-order chi connectivity index (χ1) is 34.5. The summed E-state index contributed by atoms with van der Waals surface area (Å²) in [6, 6.07) is 9.71. The molecule has 76 heavy (non-hydrogen) atoms.